The van der Waals surface area contributed by atoms with Gasteiger partial charge in [-0.05, 0) is 30.7 Å². The number of benzene rings is 2. The first kappa shape index (κ1) is 18.8. The molecule has 0 heterocycles. The largest absolute Gasteiger partial charge is 0.495 e. The predicted molar refractivity (Wildman–Crippen MR) is 99.1 cm³/mol. The van der Waals surface area contributed by atoms with E-state index in [0.29, 0.717) is 23.0 Å². The summed E-state index contributed by atoms with van der Waals surface area (Å²) in [5, 5.41) is 3.20. The number of ether oxygens (including phenoxy) is 1. The van der Waals surface area contributed by atoms with E-state index in [1.807, 2.05) is 31.2 Å². The fourth-order valence-electron chi connectivity index (χ4n) is 2.31. The molecule has 2 rings (SSSR count). The van der Waals surface area contributed by atoms with Crippen molar-refractivity contribution in [3.05, 3.63) is 58.6 Å². The van der Waals surface area contributed by atoms with Crippen molar-refractivity contribution in [2.24, 2.45) is 0 Å². The Hall–Kier alpha value is -2.53. The predicted octanol–water partition coefficient (Wildman–Crippen LogP) is 3.33. The second kappa shape index (κ2) is 8.53. The van der Waals surface area contributed by atoms with Gasteiger partial charge in [-0.3, -0.25) is 9.59 Å². The number of nitrogens with one attached hydrogen (secondary N) is 1. The molecule has 1 N–H and O–H groups in total. The Balaban J connectivity index is 2.03. The fourth-order valence-corrected chi connectivity index (χ4v) is 2.57. The van der Waals surface area contributed by atoms with Crippen molar-refractivity contribution in [2.75, 3.05) is 18.6 Å². The molecule has 2 aromatic rings. The van der Waals surface area contributed by atoms with Gasteiger partial charge in [-0.2, -0.15) is 0 Å². The maximum atomic E-state index is 12.2. The minimum Gasteiger partial charge on any atom is -0.495 e. The van der Waals surface area contributed by atoms with E-state index in [1.54, 1.807) is 18.2 Å². The minimum absolute atomic E-state index is 0.0795. The standard InChI is InChI=1S/C19H21ClN2O3/c1-13-4-6-15(7-5-13)11-21-19(24)12-22(14(2)23)16-8-9-18(25-3)17(20)10-16/h4-10H,11-12H2,1-3H3,(H,21,24). The molecule has 132 valence electrons. The van der Waals surface area contributed by atoms with Crippen LogP contribution in [0.1, 0.15) is 18.1 Å². The van der Waals surface area contributed by atoms with Gasteiger partial charge in [-0.15, -0.1) is 0 Å². The molecule has 6 heteroatoms. The zero-order valence-corrected chi connectivity index (χ0v) is 15.3. The quantitative estimate of drug-likeness (QED) is 0.859. The summed E-state index contributed by atoms with van der Waals surface area (Å²) in [6.07, 6.45) is 0. The van der Waals surface area contributed by atoms with Gasteiger partial charge in [0.05, 0.1) is 12.1 Å². The number of rotatable bonds is 6. The first-order valence-corrected chi connectivity index (χ1v) is 8.22. The minimum atomic E-state index is -0.247. The molecule has 0 aliphatic rings. The SMILES string of the molecule is COc1ccc(N(CC(=O)NCc2ccc(C)cc2)C(C)=O)cc1Cl. The monoisotopic (exact) mass is 360 g/mol. The number of halogens is 1. The van der Waals surface area contributed by atoms with Gasteiger partial charge in [0, 0.05) is 19.2 Å². The number of methoxy groups -OCH3 is 1. The third-order valence-electron chi connectivity index (χ3n) is 3.74. The number of amides is 2. The molecule has 0 bridgehead atoms. The van der Waals surface area contributed by atoms with E-state index in [1.165, 1.54) is 18.9 Å². The molecule has 0 aliphatic carbocycles. The Morgan fingerprint density at radius 1 is 1.16 bits per heavy atom. The van der Waals surface area contributed by atoms with Crippen LogP contribution in [0.3, 0.4) is 0 Å². The summed E-state index contributed by atoms with van der Waals surface area (Å²) in [4.78, 5) is 25.5. The first-order chi connectivity index (χ1) is 11.9. The lowest BCUT2D eigenvalue weighted by Crippen LogP contribution is -2.39. The van der Waals surface area contributed by atoms with Crippen molar-refractivity contribution in [1.82, 2.24) is 5.32 Å². The highest BCUT2D eigenvalue weighted by molar-refractivity contribution is 6.32. The van der Waals surface area contributed by atoms with E-state index in [-0.39, 0.29) is 18.4 Å². The molecule has 0 atom stereocenters. The van der Waals surface area contributed by atoms with Gasteiger partial charge in [0.1, 0.15) is 12.3 Å². The van der Waals surface area contributed by atoms with Crippen LogP contribution in [-0.4, -0.2) is 25.5 Å². The molecule has 0 aromatic heterocycles. The molecule has 0 saturated heterocycles. The third-order valence-corrected chi connectivity index (χ3v) is 4.03. The first-order valence-electron chi connectivity index (χ1n) is 7.84. The maximum absolute atomic E-state index is 12.2. The summed E-state index contributed by atoms with van der Waals surface area (Å²) >= 11 is 6.11. The van der Waals surface area contributed by atoms with Crippen LogP contribution in [0.15, 0.2) is 42.5 Å². The van der Waals surface area contributed by atoms with Crippen LogP contribution in [0.4, 0.5) is 5.69 Å². The lowest BCUT2D eigenvalue weighted by Gasteiger charge is -2.21. The number of carbonyl (C=O) groups excluding carboxylic acids is 2. The van der Waals surface area contributed by atoms with Gasteiger partial charge in [0.15, 0.2) is 0 Å². The number of carbonyl (C=O) groups is 2. The van der Waals surface area contributed by atoms with E-state index >= 15 is 0 Å². The molecule has 0 aliphatic heterocycles. The Bertz CT molecular complexity index is 760. The van der Waals surface area contributed by atoms with Crippen LogP contribution in [0.5, 0.6) is 5.75 Å². The van der Waals surface area contributed by atoms with Crippen LogP contribution in [-0.2, 0) is 16.1 Å². The fraction of sp³-hybridized carbons (Fsp3) is 0.263. The number of hydrogen-bond donors (Lipinski definition) is 1. The Labute approximate surface area is 152 Å². The highest BCUT2D eigenvalue weighted by atomic mass is 35.5. The highest BCUT2D eigenvalue weighted by Crippen LogP contribution is 2.29. The molecule has 0 unspecified atom stereocenters. The van der Waals surface area contributed by atoms with E-state index in [2.05, 4.69) is 5.32 Å². The lowest BCUT2D eigenvalue weighted by molar-refractivity contribution is -0.123. The summed E-state index contributed by atoms with van der Waals surface area (Å²) < 4.78 is 5.10. The summed E-state index contributed by atoms with van der Waals surface area (Å²) in [6.45, 7) is 3.75. The highest BCUT2D eigenvalue weighted by Gasteiger charge is 2.17. The molecule has 0 spiro atoms. The van der Waals surface area contributed by atoms with Crippen LogP contribution >= 0.6 is 11.6 Å². The smallest absolute Gasteiger partial charge is 0.240 e. The van der Waals surface area contributed by atoms with Crippen molar-refractivity contribution in [1.29, 1.82) is 0 Å². The molecule has 5 nitrogen and oxygen atoms in total. The molecule has 0 radical (unpaired) electrons. The van der Waals surface area contributed by atoms with Gasteiger partial charge in [0.2, 0.25) is 11.8 Å². The van der Waals surface area contributed by atoms with Crippen LogP contribution in [0.25, 0.3) is 0 Å². The van der Waals surface area contributed by atoms with Gasteiger partial charge in [0.25, 0.3) is 0 Å². The lowest BCUT2D eigenvalue weighted by atomic mass is 10.1. The van der Waals surface area contributed by atoms with E-state index < -0.39 is 0 Å². The van der Waals surface area contributed by atoms with Crippen molar-refractivity contribution in [3.8, 4) is 5.75 Å². The van der Waals surface area contributed by atoms with E-state index in [4.69, 9.17) is 16.3 Å². The third kappa shape index (κ3) is 5.22. The van der Waals surface area contributed by atoms with Crippen molar-refractivity contribution < 1.29 is 14.3 Å². The Morgan fingerprint density at radius 2 is 1.84 bits per heavy atom. The summed E-state index contributed by atoms with van der Waals surface area (Å²) in [6, 6.07) is 12.9. The second-order valence-corrected chi connectivity index (χ2v) is 6.09. The van der Waals surface area contributed by atoms with Gasteiger partial charge < -0.3 is 15.0 Å². The average Bonchev–Trinajstić information content (AvgIpc) is 2.59. The van der Waals surface area contributed by atoms with Crippen molar-refractivity contribution in [2.45, 2.75) is 20.4 Å². The van der Waals surface area contributed by atoms with E-state index in [0.717, 1.165) is 11.1 Å². The Kier molecular flexibility index (Phi) is 6.42. The number of hydrogen-bond acceptors (Lipinski definition) is 3. The van der Waals surface area contributed by atoms with Crippen molar-refractivity contribution in [3.63, 3.8) is 0 Å². The summed E-state index contributed by atoms with van der Waals surface area (Å²) in [7, 11) is 1.52. The second-order valence-electron chi connectivity index (χ2n) is 5.69. The van der Waals surface area contributed by atoms with Gasteiger partial charge in [-0.1, -0.05) is 41.4 Å². The topological polar surface area (TPSA) is 58.6 Å². The molecule has 0 fully saturated rings. The molecule has 2 amide bonds. The molecule has 0 saturated carbocycles. The van der Waals surface area contributed by atoms with Crippen LogP contribution in [0, 0.1) is 6.92 Å². The van der Waals surface area contributed by atoms with Crippen molar-refractivity contribution >= 4 is 29.1 Å². The van der Waals surface area contributed by atoms with Gasteiger partial charge in [-0.25, -0.2) is 0 Å². The molecule has 2 aromatic carbocycles. The average molecular weight is 361 g/mol. The normalized spacial score (nSPS) is 10.2. The number of nitrogens with zero attached hydrogens (tertiary/aromatic N) is 1. The summed E-state index contributed by atoms with van der Waals surface area (Å²) in [5.74, 6) is 0.0205. The van der Waals surface area contributed by atoms with Gasteiger partial charge >= 0.3 is 0 Å². The molecule has 25 heavy (non-hydrogen) atoms. The number of aryl methyl sites for hydroxylation is 1. The van der Waals surface area contributed by atoms with Crippen LogP contribution in [0.2, 0.25) is 5.02 Å². The zero-order valence-electron chi connectivity index (χ0n) is 14.5. The van der Waals surface area contributed by atoms with Crippen LogP contribution < -0.4 is 15.0 Å². The Morgan fingerprint density at radius 3 is 2.40 bits per heavy atom. The molecular formula is C19H21ClN2O3. The molecular weight excluding hydrogens is 340 g/mol. The van der Waals surface area contributed by atoms with E-state index in [9.17, 15) is 9.59 Å². The maximum Gasteiger partial charge on any atom is 0.240 e. The summed E-state index contributed by atoms with van der Waals surface area (Å²) in [5.41, 5.74) is 2.71. The zero-order chi connectivity index (χ0) is 18.4. The number of anilines is 1.